The van der Waals surface area contributed by atoms with Crippen LogP contribution in [0.1, 0.15) is 65.7 Å². The first-order valence-corrected chi connectivity index (χ1v) is 6.97. The van der Waals surface area contributed by atoms with Crippen molar-refractivity contribution >= 4 is 0 Å². The highest BCUT2D eigenvalue weighted by molar-refractivity contribution is 4.65. The zero-order valence-corrected chi connectivity index (χ0v) is 11.5. The lowest BCUT2D eigenvalue weighted by Gasteiger charge is -2.19. The van der Waals surface area contributed by atoms with E-state index in [1.165, 1.54) is 44.9 Å². The van der Waals surface area contributed by atoms with Crippen molar-refractivity contribution in [3.8, 4) is 0 Å². The Hall–Kier alpha value is -0.460. The maximum absolute atomic E-state index is 5.36. The van der Waals surface area contributed by atoms with Crippen molar-refractivity contribution in [2.45, 2.75) is 65.7 Å². The number of ether oxygens (including phenoxy) is 1. The molecule has 0 amide bonds. The van der Waals surface area contributed by atoms with Crippen molar-refractivity contribution in [3.05, 3.63) is 12.8 Å². The highest BCUT2D eigenvalue weighted by atomic mass is 16.5. The molecule has 0 spiro atoms. The number of hydrogen-bond acceptors (Lipinski definition) is 1. The molecule has 0 saturated heterocycles. The molecular formula is C15H30O. The third-order valence-electron chi connectivity index (χ3n) is 3.35. The zero-order chi connectivity index (χ0) is 12.2. The molecule has 0 aromatic heterocycles. The van der Waals surface area contributed by atoms with Gasteiger partial charge in [-0.25, -0.2) is 0 Å². The Morgan fingerprint density at radius 1 is 1.19 bits per heavy atom. The van der Waals surface area contributed by atoms with Gasteiger partial charge in [0.25, 0.3) is 0 Å². The minimum Gasteiger partial charge on any atom is -0.502 e. The molecule has 0 aliphatic rings. The highest BCUT2D eigenvalue weighted by Crippen LogP contribution is 2.21. The van der Waals surface area contributed by atoms with Crippen molar-refractivity contribution in [1.82, 2.24) is 0 Å². The fourth-order valence-electron chi connectivity index (χ4n) is 2.07. The van der Waals surface area contributed by atoms with E-state index in [0.29, 0.717) is 0 Å². The molecular weight excluding hydrogens is 196 g/mol. The Labute approximate surface area is 102 Å². The third kappa shape index (κ3) is 8.82. The molecule has 0 saturated carbocycles. The van der Waals surface area contributed by atoms with Crippen LogP contribution < -0.4 is 0 Å². The lowest BCUT2D eigenvalue weighted by Crippen LogP contribution is -2.12. The van der Waals surface area contributed by atoms with E-state index in [1.54, 1.807) is 6.26 Å². The van der Waals surface area contributed by atoms with Crippen LogP contribution >= 0.6 is 0 Å². The second-order valence-electron chi connectivity index (χ2n) is 4.96. The summed E-state index contributed by atoms with van der Waals surface area (Å²) in [5.74, 6) is 1.55. The van der Waals surface area contributed by atoms with E-state index in [1.807, 2.05) is 0 Å². The summed E-state index contributed by atoms with van der Waals surface area (Å²) in [7, 11) is 0. The van der Waals surface area contributed by atoms with Crippen LogP contribution in [-0.2, 0) is 4.74 Å². The molecule has 0 rings (SSSR count). The summed E-state index contributed by atoms with van der Waals surface area (Å²) in [6, 6.07) is 0. The summed E-state index contributed by atoms with van der Waals surface area (Å²) in [4.78, 5) is 0. The smallest absolute Gasteiger partial charge is 0.0901 e. The summed E-state index contributed by atoms with van der Waals surface area (Å²) in [6.07, 6.45) is 10.9. The fraction of sp³-hybridized carbons (Fsp3) is 0.867. The van der Waals surface area contributed by atoms with Gasteiger partial charge < -0.3 is 4.74 Å². The first-order valence-electron chi connectivity index (χ1n) is 6.97. The molecule has 96 valence electrons. The minimum atomic E-state index is 0.727. The van der Waals surface area contributed by atoms with E-state index >= 15 is 0 Å². The molecule has 0 aliphatic carbocycles. The van der Waals surface area contributed by atoms with Crippen LogP contribution in [0, 0.1) is 11.8 Å². The monoisotopic (exact) mass is 226 g/mol. The predicted octanol–water partition coefficient (Wildman–Crippen LogP) is 5.17. The number of hydrogen-bond donors (Lipinski definition) is 0. The molecule has 0 aliphatic heterocycles. The van der Waals surface area contributed by atoms with Crippen LogP contribution in [0.3, 0.4) is 0 Å². The number of rotatable bonds is 11. The van der Waals surface area contributed by atoms with Gasteiger partial charge in [-0.2, -0.15) is 0 Å². The van der Waals surface area contributed by atoms with E-state index in [2.05, 4.69) is 27.4 Å². The predicted molar refractivity (Wildman–Crippen MR) is 72.5 cm³/mol. The lowest BCUT2D eigenvalue weighted by molar-refractivity contribution is 0.167. The summed E-state index contributed by atoms with van der Waals surface area (Å²) in [5, 5.41) is 0. The maximum Gasteiger partial charge on any atom is 0.0901 e. The second kappa shape index (κ2) is 11.0. The van der Waals surface area contributed by atoms with Crippen LogP contribution in [0.25, 0.3) is 0 Å². The largest absolute Gasteiger partial charge is 0.502 e. The standard InChI is InChI=1S/C15H30O/c1-5-8-9-10-11-15(13-16-7-3)12-14(4)6-2/h7,14-15H,3,5-6,8-13H2,1-2,4H3. The van der Waals surface area contributed by atoms with Gasteiger partial charge in [-0.3, -0.25) is 0 Å². The van der Waals surface area contributed by atoms with E-state index in [4.69, 9.17) is 4.74 Å². The van der Waals surface area contributed by atoms with Crippen molar-refractivity contribution in [1.29, 1.82) is 0 Å². The van der Waals surface area contributed by atoms with E-state index in [-0.39, 0.29) is 0 Å². The van der Waals surface area contributed by atoms with Crippen LogP contribution in [0.15, 0.2) is 12.8 Å². The fourth-order valence-corrected chi connectivity index (χ4v) is 2.07. The van der Waals surface area contributed by atoms with E-state index in [0.717, 1.165) is 18.4 Å². The summed E-state index contributed by atoms with van der Waals surface area (Å²) in [6.45, 7) is 11.4. The van der Waals surface area contributed by atoms with Gasteiger partial charge in [-0.15, -0.1) is 0 Å². The molecule has 0 N–H and O–H groups in total. The molecule has 0 aromatic carbocycles. The van der Waals surface area contributed by atoms with Gasteiger partial charge in [-0.1, -0.05) is 59.5 Å². The Morgan fingerprint density at radius 3 is 2.50 bits per heavy atom. The van der Waals surface area contributed by atoms with Gasteiger partial charge in [-0.05, 0) is 24.7 Å². The van der Waals surface area contributed by atoms with Crippen molar-refractivity contribution < 1.29 is 4.74 Å². The number of unbranched alkanes of at least 4 members (excludes halogenated alkanes) is 3. The van der Waals surface area contributed by atoms with E-state index in [9.17, 15) is 0 Å². The Balaban J connectivity index is 3.75. The first-order chi connectivity index (χ1) is 7.74. The SMILES string of the molecule is C=COCC(CCCCCC)CC(C)CC. The van der Waals surface area contributed by atoms with Gasteiger partial charge in [0.05, 0.1) is 12.9 Å². The molecule has 2 atom stereocenters. The quantitative estimate of drug-likeness (QED) is 0.349. The van der Waals surface area contributed by atoms with Gasteiger partial charge in [0.1, 0.15) is 0 Å². The molecule has 16 heavy (non-hydrogen) atoms. The van der Waals surface area contributed by atoms with Gasteiger partial charge in [0, 0.05) is 0 Å². The topological polar surface area (TPSA) is 9.23 Å². The first kappa shape index (κ1) is 15.5. The molecule has 1 heteroatoms. The molecule has 0 bridgehead atoms. The Kier molecular flexibility index (Phi) is 10.7. The van der Waals surface area contributed by atoms with Crippen molar-refractivity contribution in [3.63, 3.8) is 0 Å². The third-order valence-corrected chi connectivity index (χ3v) is 3.35. The van der Waals surface area contributed by atoms with Crippen LogP contribution in [0.5, 0.6) is 0 Å². The normalized spacial score (nSPS) is 14.4. The van der Waals surface area contributed by atoms with Crippen LogP contribution in [0.4, 0.5) is 0 Å². The van der Waals surface area contributed by atoms with Crippen LogP contribution in [-0.4, -0.2) is 6.61 Å². The Morgan fingerprint density at radius 2 is 1.94 bits per heavy atom. The van der Waals surface area contributed by atoms with Gasteiger partial charge in [0.15, 0.2) is 0 Å². The summed E-state index contributed by atoms with van der Waals surface area (Å²) < 4.78 is 5.36. The second-order valence-corrected chi connectivity index (χ2v) is 4.96. The lowest BCUT2D eigenvalue weighted by atomic mass is 9.90. The van der Waals surface area contributed by atoms with Crippen LogP contribution in [0.2, 0.25) is 0 Å². The highest BCUT2D eigenvalue weighted by Gasteiger charge is 2.12. The minimum absolute atomic E-state index is 0.727. The van der Waals surface area contributed by atoms with Crippen molar-refractivity contribution in [2.75, 3.05) is 6.61 Å². The average Bonchev–Trinajstić information content (AvgIpc) is 2.30. The summed E-state index contributed by atoms with van der Waals surface area (Å²) >= 11 is 0. The molecule has 0 heterocycles. The van der Waals surface area contributed by atoms with Gasteiger partial charge in [0.2, 0.25) is 0 Å². The molecule has 1 nitrogen and oxygen atoms in total. The van der Waals surface area contributed by atoms with E-state index < -0.39 is 0 Å². The molecule has 2 unspecified atom stereocenters. The van der Waals surface area contributed by atoms with Crippen molar-refractivity contribution in [2.24, 2.45) is 11.8 Å². The molecule has 0 aromatic rings. The summed E-state index contributed by atoms with van der Waals surface area (Å²) in [5.41, 5.74) is 0. The zero-order valence-electron chi connectivity index (χ0n) is 11.5. The average molecular weight is 226 g/mol. The maximum atomic E-state index is 5.36. The molecule has 0 radical (unpaired) electrons. The Bertz CT molecular complexity index is 154. The molecule has 0 fully saturated rings. The van der Waals surface area contributed by atoms with Gasteiger partial charge >= 0.3 is 0 Å².